The molecule has 1 aromatic carbocycles. The SMILES string of the molecule is CC(C)=CCNC(=O)c1ccc(C#N)cc1. The van der Waals surface area contributed by atoms with Gasteiger partial charge in [0.25, 0.3) is 5.91 Å². The van der Waals surface area contributed by atoms with Gasteiger partial charge in [-0.25, -0.2) is 0 Å². The molecule has 1 rings (SSSR count). The van der Waals surface area contributed by atoms with E-state index in [1.54, 1.807) is 24.3 Å². The third kappa shape index (κ3) is 3.58. The monoisotopic (exact) mass is 214 g/mol. The van der Waals surface area contributed by atoms with Gasteiger partial charge < -0.3 is 5.32 Å². The zero-order valence-corrected chi connectivity index (χ0v) is 9.45. The summed E-state index contributed by atoms with van der Waals surface area (Å²) < 4.78 is 0. The lowest BCUT2D eigenvalue weighted by Gasteiger charge is -2.02. The van der Waals surface area contributed by atoms with Gasteiger partial charge in [-0.3, -0.25) is 4.79 Å². The number of carbonyl (C=O) groups excluding carboxylic acids is 1. The lowest BCUT2D eigenvalue weighted by molar-refractivity contribution is 0.0958. The first-order valence-corrected chi connectivity index (χ1v) is 5.05. The Bertz CT molecular complexity index is 434. The van der Waals surface area contributed by atoms with Crippen LogP contribution in [0.15, 0.2) is 35.9 Å². The van der Waals surface area contributed by atoms with Gasteiger partial charge in [0, 0.05) is 12.1 Å². The number of rotatable bonds is 3. The van der Waals surface area contributed by atoms with Crippen molar-refractivity contribution in [3.8, 4) is 6.07 Å². The maximum Gasteiger partial charge on any atom is 0.251 e. The average molecular weight is 214 g/mol. The van der Waals surface area contributed by atoms with Crippen molar-refractivity contribution in [2.45, 2.75) is 13.8 Å². The molecule has 0 radical (unpaired) electrons. The third-order valence-electron chi connectivity index (χ3n) is 2.05. The van der Waals surface area contributed by atoms with E-state index in [0.29, 0.717) is 17.7 Å². The van der Waals surface area contributed by atoms with E-state index in [0.717, 1.165) is 0 Å². The Balaban J connectivity index is 2.60. The summed E-state index contributed by atoms with van der Waals surface area (Å²) in [4.78, 5) is 11.6. The van der Waals surface area contributed by atoms with Crippen LogP contribution in [0, 0.1) is 11.3 Å². The van der Waals surface area contributed by atoms with Crippen molar-refractivity contribution in [1.82, 2.24) is 5.32 Å². The summed E-state index contributed by atoms with van der Waals surface area (Å²) in [6.45, 7) is 4.49. The lowest BCUT2D eigenvalue weighted by Crippen LogP contribution is -2.23. The second kappa shape index (κ2) is 5.72. The minimum absolute atomic E-state index is 0.123. The number of hydrogen-bond donors (Lipinski definition) is 1. The molecule has 0 aliphatic heterocycles. The number of benzene rings is 1. The second-order valence-corrected chi connectivity index (χ2v) is 3.68. The lowest BCUT2D eigenvalue weighted by atomic mass is 10.1. The van der Waals surface area contributed by atoms with Gasteiger partial charge in [-0.1, -0.05) is 11.6 Å². The van der Waals surface area contributed by atoms with E-state index in [9.17, 15) is 4.79 Å². The molecule has 16 heavy (non-hydrogen) atoms. The van der Waals surface area contributed by atoms with Gasteiger partial charge in [0.1, 0.15) is 0 Å². The van der Waals surface area contributed by atoms with Crippen molar-refractivity contribution in [3.05, 3.63) is 47.0 Å². The maximum atomic E-state index is 11.6. The molecule has 0 aliphatic carbocycles. The quantitative estimate of drug-likeness (QED) is 0.784. The number of hydrogen-bond acceptors (Lipinski definition) is 2. The molecule has 3 nitrogen and oxygen atoms in total. The molecule has 0 saturated heterocycles. The Morgan fingerprint density at radius 2 is 2.00 bits per heavy atom. The minimum atomic E-state index is -0.123. The van der Waals surface area contributed by atoms with Gasteiger partial charge in [-0.2, -0.15) is 5.26 Å². The zero-order chi connectivity index (χ0) is 12.0. The van der Waals surface area contributed by atoms with E-state index in [1.807, 2.05) is 26.0 Å². The van der Waals surface area contributed by atoms with Crippen LogP contribution in [0.25, 0.3) is 0 Å². The molecule has 1 aromatic rings. The number of carbonyl (C=O) groups is 1. The van der Waals surface area contributed by atoms with E-state index in [1.165, 1.54) is 5.57 Å². The highest BCUT2D eigenvalue weighted by atomic mass is 16.1. The van der Waals surface area contributed by atoms with Crippen LogP contribution in [0.4, 0.5) is 0 Å². The molecular weight excluding hydrogens is 200 g/mol. The predicted molar refractivity (Wildman–Crippen MR) is 62.9 cm³/mol. The Hall–Kier alpha value is -2.08. The van der Waals surface area contributed by atoms with Crippen molar-refractivity contribution in [3.63, 3.8) is 0 Å². The Morgan fingerprint density at radius 1 is 1.38 bits per heavy atom. The Kier molecular flexibility index (Phi) is 4.28. The molecule has 0 bridgehead atoms. The highest BCUT2D eigenvalue weighted by Gasteiger charge is 2.03. The molecular formula is C13H14N2O. The van der Waals surface area contributed by atoms with E-state index in [-0.39, 0.29) is 5.91 Å². The van der Waals surface area contributed by atoms with Crippen molar-refractivity contribution in [2.75, 3.05) is 6.54 Å². The molecule has 1 N–H and O–H groups in total. The normalized spacial score (nSPS) is 9.06. The molecule has 0 atom stereocenters. The fourth-order valence-corrected chi connectivity index (χ4v) is 1.15. The maximum absolute atomic E-state index is 11.6. The van der Waals surface area contributed by atoms with Crippen molar-refractivity contribution in [2.24, 2.45) is 0 Å². The smallest absolute Gasteiger partial charge is 0.251 e. The van der Waals surface area contributed by atoms with Gasteiger partial charge in [-0.15, -0.1) is 0 Å². The molecule has 0 heterocycles. The molecule has 0 aliphatic rings. The molecule has 0 spiro atoms. The van der Waals surface area contributed by atoms with Crippen molar-refractivity contribution in [1.29, 1.82) is 5.26 Å². The van der Waals surface area contributed by atoms with Crippen LogP contribution in [-0.2, 0) is 0 Å². The van der Waals surface area contributed by atoms with Crippen LogP contribution < -0.4 is 5.32 Å². The number of nitriles is 1. The summed E-state index contributed by atoms with van der Waals surface area (Å²) in [5.74, 6) is -0.123. The van der Waals surface area contributed by atoms with Gasteiger partial charge in [-0.05, 0) is 38.1 Å². The summed E-state index contributed by atoms with van der Waals surface area (Å²) in [6.07, 6.45) is 1.95. The molecule has 3 heteroatoms. The number of amides is 1. The molecule has 82 valence electrons. The first-order valence-electron chi connectivity index (χ1n) is 5.05. The van der Waals surface area contributed by atoms with Crippen LogP contribution in [0.2, 0.25) is 0 Å². The third-order valence-corrected chi connectivity index (χ3v) is 2.05. The van der Waals surface area contributed by atoms with Gasteiger partial charge in [0.15, 0.2) is 0 Å². The van der Waals surface area contributed by atoms with E-state index >= 15 is 0 Å². The Labute approximate surface area is 95.4 Å². The first-order chi connectivity index (χ1) is 7.63. The zero-order valence-electron chi connectivity index (χ0n) is 9.45. The summed E-state index contributed by atoms with van der Waals surface area (Å²) in [6, 6.07) is 8.58. The molecule has 1 amide bonds. The second-order valence-electron chi connectivity index (χ2n) is 3.68. The molecule has 0 unspecified atom stereocenters. The highest BCUT2D eigenvalue weighted by Crippen LogP contribution is 2.02. The summed E-state index contributed by atoms with van der Waals surface area (Å²) in [5.41, 5.74) is 2.29. The summed E-state index contributed by atoms with van der Waals surface area (Å²) >= 11 is 0. The topological polar surface area (TPSA) is 52.9 Å². The van der Waals surface area contributed by atoms with Crippen molar-refractivity contribution < 1.29 is 4.79 Å². The number of nitrogens with one attached hydrogen (secondary N) is 1. The summed E-state index contributed by atoms with van der Waals surface area (Å²) in [5, 5.41) is 11.4. The fraction of sp³-hybridized carbons (Fsp3) is 0.231. The predicted octanol–water partition coefficient (Wildman–Crippen LogP) is 2.25. The number of allylic oxidation sites excluding steroid dienone is 1. The number of nitrogens with zero attached hydrogens (tertiary/aromatic N) is 1. The average Bonchev–Trinajstić information content (AvgIpc) is 2.28. The first kappa shape index (κ1) is 12.0. The van der Waals surface area contributed by atoms with Gasteiger partial charge in [0.2, 0.25) is 0 Å². The van der Waals surface area contributed by atoms with Crippen LogP contribution in [0.1, 0.15) is 29.8 Å². The molecule has 0 aromatic heterocycles. The van der Waals surface area contributed by atoms with E-state index in [2.05, 4.69) is 5.32 Å². The minimum Gasteiger partial charge on any atom is -0.349 e. The van der Waals surface area contributed by atoms with Gasteiger partial charge in [0.05, 0.1) is 11.6 Å². The standard InChI is InChI=1S/C13H14N2O/c1-10(2)7-8-15-13(16)12-5-3-11(9-14)4-6-12/h3-7H,8H2,1-2H3,(H,15,16). The Morgan fingerprint density at radius 3 is 2.50 bits per heavy atom. The summed E-state index contributed by atoms with van der Waals surface area (Å²) in [7, 11) is 0. The molecule has 0 fully saturated rings. The van der Waals surface area contributed by atoms with Crippen LogP contribution in [-0.4, -0.2) is 12.5 Å². The van der Waals surface area contributed by atoms with Crippen LogP contribution in [0.5, 0.6) is 0 Å². The van der Waals surface area contributed by atoms with E-state index in [4.69, 9.17) is 5.26 Å². The largest absolute Gasteiger partial charge is 0.349 e. The molecule has 0 saturated carbocycles. The van der Waals surface area contributed by atoms with Crippen LogP contribution >= 0.6 is 0 Å². The van der Waals surface area contributed by atoms with Crippen LogP contribution in [0.3, 0.4) is 0 Å². The fourth-order valence-electron chi connectivity index (χ4n) is 1.15. The van der Waals surface area contributed by atoms with Crippen molar-refractivity contribution >= 4 is 5.91 Å². The van der Waals surface area contributed by atoms with E-state index < -0.39 is 0 Å². The van der Waals surface area contributed by atoms with Gasteiger partial charge >= 0.3 is 0 Å². The highest BCUT2D eigenvalue weighted by molar-refractivity contribution is 5.94.